The Kier molecular flexibility index (Phi) is 5.86. The van der Waals surface area contributed by atoms with E-state index >= 15 is 0 Å². The third-order valence-electron chi connectivity index (χ3n) is 5.06. The molecule has 1 fully saturated rings. The van der Waals surface area contributed by atoms with Gasteiger partial charge >= 0.3 is 0 Å². The van der Waals surface area contributed by atoms with E-state index in [1.54, 1.807) is 26.0 Å². The number of nitrogens with zero attached hydrogens (tertiary/aromatic N) is 1. The molecule has 0 radical (unpaired) electrons. The van der Waals surface area contributed by atoms with Gasteiger partial charge in [-0.05, 0) is 62.4 Å². The summed E-state index contributed by atoms with van der Waals surface area (Å²) in [7, 11) is -3.78. The van der Waals surface area contributed by atoms with Gasteiger partial charge in [0.25, 0.3) is 0 Å². The molecule has 0 saturated carbocycles. The lowest BCUT2D eigenvalue weighted by Crippen LogP contribution is -2.45. The van der Waals surface area contributed by atoms with E-state index in [9.17, 15) is 17.6 Å². The fraction of sp³-hybridized carbons (Fsp3) is 0.381. The molecule has 28 heavy (non-hydrogen) atoms. The zero-order valence-corrected chi connectivity index (χ0v) is 17.1. The van der Waals surface area contributed by atoms with Crippen LogP contribution >= 0.6 is 0 Å². The highest BCUT2D eigenvalue weighted by molar-refractivity contribution is 7.89. The molecule has 1 aliphatic rings. The van der Waals surface area contributed by atoms with Crippen LogP contribution in [0.15, 0.2) is 41.3 Å². The van der Waals surface area contributed by atoms with Gasteiger partial charge in [0.2, 0.25) is 15.9 Å². The van der Waals surface area contributed by atoms with Gasteiger partial charge in [0.1, 0.15) is 11.9 Å². The van der Waals surface area contributed by atoms with Crippen molar-refractivity contribution in [1.29, 1.82) is 0 Å². The number of rotatable bonds is 5. The Hall–Kier alpha value is -2.25. The van der Waals surface area contributed by atoms with E-state index < -0.39 is 16.1 Å². The minimum absolute atomic E-state index is 0.228. The van der Waals surface area contributed by atoms with Crippen LogP contribution in [0.2, 0.25) is 0 Å². The number of halogens is 1. The standard InChI is InChI=1S/C21H25FN2O3S/c1-14-11-15(2)20(16(3)12-14)28(26,27)24-10-4-5-19(24)21(25)23-13-17-6-8-18(22)9-7-17/h6-9,11-12,19H,4-5,10,13H2,1-3H3,(H,23,25). The van der Waals surface area contributed by atoms with Gasteiger partial charge in [0.15, 0.2) is 0 Å². The number of sulfonamides is 1. The second-order valence-corrected chi connectivity index (χ2v) is 9.17. The molecule has 0 aromatic heterocycles. The molecule has 3 rings (SSSR count). The summed E-state index contributed by atoms with van der Waals surface area (Å²) in [5.74, 6) is -0.667. The van der Waals surface area contributed by atoms with E-state index in [0.29, 0.717) is 30.5 Å². The largest absolute Gasteiger partial charge is 0.351 e. The summed E-state index contributed by atoms with van der Waals surface area (Å²) < 4.78 is 41.0. The number of aryl methyl sites for hydroxylation is 3. The van der Waals surface area contributed by atoms with Gasteiger partial charge in [-0.1, -0.05) is 29.8 Å². The van der Waals surface area contributed by atoms with E-state index in [1.165, 1.54) is 16.4 Å². The molecule has 5 nitrogen and oxygen atoms in total. The molecule has 150 valence electrons. The maximum absolute atomic E-state index is 13.3. The number of hydrogen-bond acceptors (Lipinski definition) is 3. The van der Waals surface area contributed by atoms with Crippen molar-refractivity contribution in [2.45, 2.75) is 51.1 Å². The number of amides is 1. The monoisotopic (exact) mass is 404 g/mol. The Balaban J connectivity index is 1.80. The fourth-order valence-corrected chi connectivity index (χ4v) is 5.96. The quantitative estimate of drug-likeness (QED) is 0.832. The van der Waals surface area contributed by atoms with Gasteiger partial charge in [-0.2, -0.15) is 4.31 Å². The lowest BCUT2D eigenvalue weighted by molar-refractivity contribution is -0.124. The lowest BCUT2D eigenvalue weighted by atomic mass is 10.1. The Bertz CT molecular complexity index is 964. The summed E-state index contributed by atoms with van der Waals surface area (Å²) in [6, 6.07) is 8.81. The van der Waals surface area contributed by atoms with Crippen molar-refractivity contribution >= 4 is 15.9 Å². The smallest absolute Gasteiger partial charge is 0.244 e. The van der Waals surface area contributed by atoms with Gasteiger partial charge < -0.3 is 5.32 Å². The average Bonchev–Trinajstić information content (AvgIpc) is 3.10. The Morgan fingerprint density at radius 3 is 2.36 bits per heavy atom. The number of nitrogens with one attached hydrogen (secondary N) is 1. The molecule has 0 aliphatic carbocycles. The topological polar surface area (TPSA) is 66.5 Å². The molecule has 1 amide bonds. The van der Waals surface area contributed by atoms with Gasteiger partial charge in [0, 0.05) is 13.1 Å². The predicted octanol–water partition coefficient (Wildman–Crippen LogP) is 3.22. The molecule has 2 aromatic carbocycles. The first-order valence-electron chi connectivity index (χ1n) is 9.32. The molecule has 0 bridgehead atoms. The molecule has 1 heterocycles. The third kappa shape index (κ3) is 4.10. The van der Waals surface area contributed by atoms with Crippen molar-refractivity contribution in [3.8, 4) is 0 Å². The first kappa shape index (κ1) is 20.5. The molecule has 1 saturated heterocycles. The normalized spacial score (nSPS) is 17.6. The average molecular weight is 405 g/mol. The van der Waals surface area contributed by atoms with Crippen molar-refractivity contribution in [1.82, 2.24) is 9.62 Å². The van der Waals surface area contributed by atoms with Gasteiger partial charge in [-0.15, -0.1) is 0 Å². The molecule has 1 atom stereocenters. The highest BCUT2D eigenvalue weighted by Gasteiger charge is 2.40. The SMILES string of the molecule is Cc1cc(C)c(S(=O)(=O)N2CCCC2C(=O)NCc2ccc(F)cc2)c(C)c1. The Morgan fingerprint density at radius 1 is 1.14 bits per heavy atom. The maximum atomic E-state index is 13.3. The Morgan fingerprint density at radius 2 is 1.75 bits per heavy atom. The van der Waals surface area contributed by atoms with Crippen molar-refractivity contribution < 1.29 is 17.6 Å². The van der Waals surface area contributed by atoms with Crippen molar-refractivity contribution in [2.24, 2.45) is 0 Å². The van der Waals surface area contributed by atoms with Crippen LogP contribution in [-0.2, 0) is 21.4 Å². The first-order valence-corrected chi connectivity index (χ1v) is 10.8. The number of carbonyl (C=O) groups excluding carboxylic acids is 1. The van der Waals surface area contributed by atoms with E-state index in [1.807, 2.05) is 19.1 Å². The summed E-state index contributed by atoms with van der Waals surface area (Å²) in [4.78, 5) is 13.0. The molecule has 1 unspecified atom stereocenters. The summed E-state index contributed by atoms with van der Waals surface area (Å²) in [6.07, 6.45) is 1.12. The van der Waals surface area contributed by atoms with E-state index in [4.69, 9.17) is 0 Å². The number of carbonyl (C=O) groups is 1. The van der Waals surface area contributed by atoms with Crippen LogP contribution in [0.3, 0.4) is 0 Å². The first-order chi connectivity index (χ1) is 13.2. The summed E-state index contributed by atoms with van der Waals surface area (Å²) in [5, 5.41) is 2.78. The predicted molar refractivity (Wildman–Crippen MR) is 106 cm³/mol. The van der Waals surface area contributed by atoms with E-state index in [2.05, 4.69) is 5.32 Å². The highest BCUT2D eigenvalue weighted by atomic mass is 32.2. The zero-order chi connectivity index (χ0) is 20.5. The van der Waals surface area contributed by atoms with Crippen LogP contribution in [0.1, 0.15) is 35.1 Å². The number of benzene rings is 2. The van der Waals surface area contributed by atoms with Crippen LogP contribution in [0, 0.1) is 26.6 Å². The molecule has 2 aromatic rings. The second-order valence-electron chi connectivity index (χ2n) is 7.35. The minimum Gasteiger partial charge on any atom is -0.351 e. The molecular formula is C21H25FN2O3S. The van der Waals surface area contributed by atoms with Crippen molar-refractivity contribution in [3.63, 3.8) is 0 Å². The maximum Gasteiger partial charge on any atom is 0.244 e. The van der Waals surface area contributed by atoms with Crippen LogP contribution in [0.4, 0.5) is 4.39 Å². The third-order valence-corrected chi connectivity index (χ3v) is 7.27. The van der Waals surface area contributed by atoms with Crippen LogP contribution in [0.25, 0.3) is 0 Å². The molecule has 7 heteroatoms. The van der Waals surface area contributed by atoms with E-state index in [0.717, 1.165) is 11.1 Å². The number of hydrogen-bond donors (Lipinski definition) is 1. The van der Waals surface area contributed by atoms with Gasteiger partial charge in [0.05, 0.1) is 4.90 Å². The second kappa shape index (κ2) is 8.01. The van der Waals surface area contributed by atoms with Gasteiger partial charge in [-0.3, -0.25) is 4.79 Å². The zero-order valence-electron chi connectivity index (χ0n) is 16.3. The summed E-state index contributed by atoms with van der Waals surface area (Å²) in [5.41, 5.74) is 3.14. The molecule has 1 aliphatic heterocycles. The van der Waals surface area contributed by atoms with E-state index in [-0.39, 0.29) is 23.2 Å². The lowest BCUT2D eigenvalue weighted by Gasteiger charge is -2.25. The summed E-state index contributed by atoms with van der Waals surface area (Å²) in [6.45, 7) is 6.05. The van der Waals surface area contributed by atoms with Crippen molar-refractivity contribution in [2.75, 3.05) is 6.54 Å². The fourth-order valence-electron chi connectivity index (χ4n) is 3.89. The summed E-state index contributed by atoms with van der Waals surface area (Å²) >= 11 is 0. The van der Waals surface area contributed by atoms with Crippen LogP contribution in [0.5, 0.6) is 0 Å². The van der Waals surface area contributed by atoms with Gasteiger partial charge in [-0.25, -0.2) is 12.8 Å². The minimum atomic E-state index is -3.78. The Labute approximate surface area is 165 Å². The van der Waals surface area contributed by atoms with Crippen LogP contribution < -0.4 is 5.32 Å². The highest BCUT2D eigenvalue weighted by Crippen LogP contribution is 2.30. The molecule has 1 N–H and O–H groups in total. The molecular weight excluding hydrogens is 379 g/mol. The van der Waals surface area contributed by atoms with Crippen LogP contribution in [-0.4, -0.2) is 31.2 Å². The molecule has 0 spiro atoms. The van der Waals surface area contributed by atoms with Crippen molar-refractivity contribution in [3.05, 3.63) is 64.5 Å².